The molecule has 0 saturated carbocycles. The lowest BCUT2D eigenvalue weighted by molar-refractivity contribution is 0.546. The van der Waals surface area contributed by atoms with Gasteiger partial charge in [0.2, 0.25) is 5.22 Å². The van der Waals surface area contributed by atoms with Gasteiger partial charge in [0.1, 0.15) is 17.1 Å². The minimum atomic E-state index is 0.344. The Morgan fingerprint density at radius 1 is 0.909 bits per heavy atom. The molecule has 0 radical (unpaired) electrons. The van der Waals surface area contributed by atoms with Crippen LogP contribution in [0, 0.1) is 6.92 Å². The highest BCUT2D eigenvalue weighted by Crippen LogP contribution is 2.40. The van der Waals surface area contributed by atoms with Crippen LogP contribution in [-0.4, -0.2) is 4.98 Å². The average molecular weight is 310 g/mol. The topological polar surface area (TPSA) is 39.2 Å². The van der Waals surface area contributed by atoms with E-state index < -0.39 is 0 Å². The summed E-state index contributed by atoms with van der Waals surface area (Å²) in [5, 5.41) is 1.28. The molecule has 0 N–H and O–H groups in total. The highest BCUT2D eigenvalue weighted by molar-refractivity contribution is 6.33. The van der Waals surface area contributed by atoms with Gasteiger partial charge in [0.15, 0.2) is 0 Å². The molecule has 3 heterocycles. The molecule has 0 atom stereocenters. The van der Waals surface area contributed by atoms with Crippen molar-refractivity contribution in [1.82, 2.24) is 4.98 Å². The van der Waals surface area contributed by atoms with E-state index in [1.54, 1.807) is 12.4 Å². The average Bonchev–Trinajstić information content (AvgIpc) is 3.09. The molecular weight excluding hydrogens is 298 g/mol. The zero-order chi connectivity index (χ0) is 15.1. The van der Waals surface area contributed by atoms with Crippen LogP contribution in [0.3, 0.4) is 0 Å². The number of fused-ring (bicyclic) bond motifs is 1. The summed E-state index contributed by atoms with van der Waals surface area (Å²) in [6, 6.07) is 13.8. The number of aromatic nitrogens is 1. The van der Waals surface area contributed by atoms with Crippen molar-refractivity contribution in [2.75, 3.05) is 0 Å². The van der Waals surface area contributed by atoms with Crippen molar-refractivity contribution in [3.05, 3.63) is 65.8 Å². The number of nitrogens with zero attached hydrogens (tertiary/aromatic N) is 1. The van der Waals surface area contributed by atoms with Crippen molar-refractivity contribution in [2.24, 2.45) is 0 Å². The molecule has 3 nitrogen and oxygen atoms in total. The smallest absolute Gasteiger partial charge is 0.205 e. The summed E-state index contributed by atoms with van der Waals surface area (Å²) in [6.07, 6.45) is 3.55. The van der Waals surface area contributed by atoms with Gasteiger partial charge in [-0.15, -0.1) is 0 Å². The molecule has 4 rings (SSSR count). The van der Waals surface area contributed by atoms with Crippen molar-refractivity contribution >= 4 is 22.6 Å². The number of hydrogen-bond donors (Lipinski definition) is 0. The summed E-state index contributed by atoms with van der Waals surface area (Å²) >= 11 is 6.27. The van der Waals surface area contributed by atoms with Crippen LogP contribution in [-0.2, 0) is 0 Å². The second-order valence-electron chi connectivity index (χ2n) is 5.11. The first-order valence-electron chi connectivity index (χ1n) is 6.91. The van der Waals surface area contributed by atoms with Crippen LogP contribution in [0.4, 0.5) is 0 Å². The quantitative estimate of drug-likeness (QED) is 0.475. The normalized spacial score (nSPS) is 11.2. The van der Waals surface area contributed by atoms with Crippen LogP contribution in [0.15, 0.2) is 63.7 Å². The molecule has 3 aromatic heterocycles. The van der Waals surface area contributed by atoms with Crippen LogP contribution < -0.4 is 0 Å². The van der Waals surface area contributed by atoms with E-state index >= 15 is 0 Å². The van der Waals surface area contributed by atoms with E-state index in [1.807, 2.05) is 43.3 Å². The summed E-state index contributed by atoms with van der Waals surface area (Å²) in [5.41, 5.74) is 3.71. The predicted molar refractivity (Wildman–Crippen MR) is 86.9 cm³/mol. The van der Waals surface area contributed by atoms with E-state index in [2.05, 4.69) is 11.1 Å². The van der Waals surface area contributed by atoms with E-state index in [0.29, 0.717) is 11.0 Å². The number of hydrogen-bond acceptors (Lipinski definition) is 3. The van der Waals surface area contributed by atoms with Crippen molar-refractivity contribution in [1.29, 1.82) is 0 Å². The number of halogens is 1. The lowest BCUT2D eigenvalue weighted by Gasteiger charge is -2.01. The van der Waals surface area contributed by atoms with E-state index in [0.717, 1.165) is 33.4 Å². The maximum atomic E-state index is 6.27. The van der Waals surface area contributed by atoms with Gasteiger partial charge in [-0.3, -0.25) is 4.98 Å². The fraction of sp³-hybridized carbons (Fsp3) is 0.0556. The Morgan fingerprint density at radius 3 is 2.45 bits per heavy atom. The summed E-state index contributed by atoms with van der Waals surface area (Å²) in [6.45, 7) is 1.90. The van der Waals surface area contributed by atoms with Crippen LogP contribution in [0.1, 0.15) is 5.76 Å². The Labute approximate surface area is 132 Å². The molecule has 0 bridgehead atoms. The van der Waals surface area contributed by atoms with Gasteiger partial charge >= 0.3 is 0 Å². The minimum Gasteiger partial charge on any atom is -0.461 e. The molecule has 0 aliphatic heterocycles. The number of benzene rings is 1. The molecular formula is C18H12ClNO2. The second kappa shape index (κ2) is 5.04. The predicted octanol–water partition coefficient (Wildman–Crippen LogP) is 5.72. The third-order valence-electron chi connectivity index (χ3n) is 3.65. The number of aryl methyl sites for hydroxylation is 1. The molecule has 0 amide bonds. The van der Waals surface area contributed by atoms with Gasteiger partial charge in [-0.1, -0.05) is 6.07 Å². The molecule has 0 aliphatic rings. The summed E-state index contributed by atoms with van der Waals surface area (Å²) in [5.74, 6) is 1.55. The first-order chi connectivity index (χ1) is 10.7. The maximum absolute atomic E-state index is 6.27. The standard InChI is InChI=1S/C18H12ClNO2/c1-11-2-4-16(21-11)17-14-10-13(12-6-8-20-9-7-12)3-5-15(14)22-18(17)19/h2-10H,1H3. The van der Waals surface area contributed by atoms with E-state index in [-0.39, 0.29) is 0 Å². The first-order valence-corrected chi connectivity index (χ1v) is 7.29. The van der Waals surface area contributed by atoms with Gasteiger partial charge in [-0.05, 0) is 66.0 Å². The van der Waals surface area contributed by atoms with Gasteiger partial charge in [0, 0.05) is 17.8 Å². The molecule has 0 fully saturated rings. The third-order valence-corrected chi connectivity index (χ3v) is 3.91. The summed E-state index contributed by atoms with van der Waals surface area (Å²) in [4.78, 5) is 4.05. The zero-order valence-corrected chi connectivity index (χ0v) is 12.6. The maximum Gasteiger partial charge on any atom is 0.205 e. The molecule has 0 spiro atoms. The van der Waals surface area contributed by atoms with Gasteiger partial charge < -0.3 is 8.83 Å². The Hall–Kier alpha value is -2.52. The van der Waals surface area contributed by atoms with Gasteiger partial charge in [-0.2, -0.15) is 0 Å². The van der Waals surface area contributed by atoms with Crippen LogP contribution in [0.2, 0.25) is 5.22 Å². The summed E-state index contributed by atoms with van der Waals surface area (Å²) < 4.78 is 11.4. The second-order valence-corrected chi connectivity index (χ2v) is 5.45. The monoisotopic (exact) mass is 309 g/mol. The van der Waals surface area contributed by atoms with Gasteiger partial charge in [0.25, 0.3) is 0 Å². The molecule has 4 aromatic rings. The number of pyridine rings is 1. The van der Waals surface area contributed by atoms with E-state index in [1.165, 1.54) is 0 Å². The van der Waals surface area contributed by atoms with Crippen LogP contribution in [0.25, 0.3) is 33.4 Å². The highest BCUT2D eigenvalue weighted by atomic mass is 35.5. The highest BCUT2D eigenvalue weighted by Gasteiger charge is 2.18. The number of rotatable bonds is 2. The Bertz CT molecular complexity index is 954. The SMILES string of the molecule is Cc1ccc(-c2c(Cl)oc3ccc(-c4ccncc4)cc23)o1. The molecule has 4 heteroatoms. The molecule has 108 valence electrons. The van der Waals surface area contributed by atoms with Crippen molar-refractivity contribution in [3.63, 3.8) is 0 Å². The fourth-order valence-corrected chi connectivity index (χ4v) is 2.87. The molecule has 0 saturated heterocycles. The van der Waals surface area contributed by atoms with Crippen molar-refractivity contribution < 1.29 is 8.83 Å². The van der Waals surface area contributed by atoms with E-state index in [4.69, 9.17) is 20.4 Å². The van der Waals surface area contributed by atoms with Crippen LogP contribution in [0.5, 0.6) is 0 Å². The van der Waals surface area contributed by atoms with Crippen LogP contribution >= 0.6 is 11.6 Å². The van der Waals surface area contributed by atoms with Gasteiger partial charge in [0.05, 0.1) is 5.56 Å². The third kappa shape index (κ3) is 2.11. The fourth-order valence-electron chi connectivity index (χ4n) is 2.59. The van der Waals surface area contributed by atoms with Crippen molar-refractivity contribution in [2.45, 2.75) is 6.92 Å². The largest absolute Gasteiger partial charge is 0.461 e. The first kappa shape index (κ1) is 13.2. The lowest BCUT2D eigenvalue weighted by Crippen LogP contribution is -1.79. The van der Waals surface area contributed by atoms with Gasteiger partial charge in [-0.25, -0.2) is 0 Å². The molecule has 0 unspecified atom stereocenters. The minimum absolute atomic E-state index is 0.344. The molecule has 0 aliphatic carbocycles. The molecule has 1 aromatic carbocycles. The van der Waals surface area contributed by atoms with E-state index in [9.17, 15) is 0 Å². The molecule has 22 heavy (non-hydrogen) atoms. The summed E-state index contributed by atoms with van der Waals surface area (Å²) in [7, 11) is 0. The lowest BCUT2D eigenvalue weighted by atomic mass is 10.0. The Balaban J connectivity index is 1.95. The Morgan fingerprint density at radius 2 is 1.73 bits per heavy atom. The van der Waals surface area contributed by atoms with Crippen molar-refractivity contribution in [3.8, 4) is 22.5 Å². The zero-order valence-electron chi connectivity index (χ0n) is 11.8. The Kier molecular flexibility index (Phi) is 3.01. The number of furan rings is 2.